The molecule has 2 aromatic carbocycles. The number of benzene rings is 2. The Kier molecular flexibility index (Phi) is 4.34. The first-order valence-corrected chi connectivity index (χ1v) is 9.62. The van der Waals surface area contributed by atoms with E-state index >= 15 is 0 Å². The molecular formula is C22H18F2N4O2. The number of hydrogen-bond acceptors (Lipinski definition) is 4. The fourth-order valence-electron chi connectivity index (χ4n) is 3.70. The van der Waals surface area contributed by atoms with E-state index < -0.39 is 18.4 Å². The van der Waals surface area contributed by atoms with Crippen LogP contribution in [0.2, 0.25) is 0 Å². The van der Waals surface area contributed by atoms with Gasteiger partial charge in [0.2, 0.25) is 5.88 Å². The summed E-state index contributed by atoms with van der Waals surface area (Å²) in [7, 11) is 0. The molecule has 1 aliphatic heterocycles. The van der Waals surface area contributed by atoms with Crippen LogP contribution >= 0.6 is 0 Å². The number of alkyl halides is 2. The van der Waals surface area contributed by atoms with E-state index in [9.17, 15) is 13.6 Å². The van der Waals surface area contributed by atoms with Crippen LogP contribution in [0.4, 0.5) is 8.78 Å². The van der Waals surface area contributed by atoms with Gasteiger partial charge in [-0.05, 0) is 30.3 Å². The molecule has 30 heavy (non-hydrogen) atoms. The van der Waals surface area contributed by atoms with Gasteiger partial charge in [0.25, 0.3) is 11.8 Å². The van der Waals surface area contributed by atoms with Crippen molar-refractivity contribution in [3.63, 3.8) is 0 Å². The van der Waals surface area contributed by atoms with Crippen LogP contribution < -0.4 is 4.74 Å². The summed E-state index contributed by atoms with van der Waals surface area (Å²) in [5.41, 5.74) is 1.90. The van der Waals surface area contributed by atoms with Crippen LogP contribution in [0.15, 0.2) is 60.8 Å². The first kappa shape index (κ1) is 18.5. The highest BCUT2D eigenvalue weighted by Gasteiger charge is 2.47. The topological polar surface area (TPSA) is 71.1 Å². The molecule has 4 aromatic rings. The molecule has 0 aliphatic carbocycles. The van der Waals surface area contributed by atoms with Crippen molar-refractivity contribution in [2.45, 2.75) is 18.4 Å². The van der Waals surface area contributed by atoms with Crippen molar-refractivity contribution in [2.75, 3.05) is 13.1 Å². The molecule has 152 valence electrons. The minimum absolute atomic E-state index is 0.0414. The van der Waals surface area contributed by atoms with Gasteiger partial charge in [0.05, 0.1) is 23.8 Å². The van der Waals surface area contributed by atoms with Crippen molar-refractivity contribution in [1.82, 2.24) is 20.1 Å². The van der Waals surface area contributed by atoms with Crippen molar-refractivity contribution in [3.05, 3.63) is 66.4 Å². The van der Waals surface area contributed by atoms with Gasteiger partial charge in [-0.25, -0.2) is 13.8 Å². The number of para-hydroxylation sites is 1. The van der Waals surface area contributed by atoms with Crippen LogP contribution in [0.1, 0.15) is 16.8 Å². The minimum atomic E-state index is -3.06. The Bertz CT molecular complexity index is 1240. The fraction of sp³-hybridized carbons (Fsp3) is 0.227. The number of aromatic nitrogens is 3. The predicted molar refractivity (Wildman–Crippen MR) is 108 cm³/mol. The van der Waals surface area contributed by atoms with Gasteiger partial charge in [0, 0.05) is 35.4 Å². The van der Waals surface area contributed by atoms with Crippen molar-refractivity contribution < 1.29 is 18.3 Å². The van der Waals surface area contributed by atoms with Crippen molar-refractivity contribution in [3.8, 4) is 5.88 Å². The Morgan fingerprint density at radius 3 is 2.90 bits per heavy atom. The first-order valence-electron chi connectivity index (χ1n) is 9.62. The van der Waals surface area contributed by atoms with Crippen molar-refractivity contribution >= 4 is 27.7 Å². The van der Waals surface area contributed by atoms with Crippen LogP contribution in [0.25, 0.3) is 21.8 Å². The van der Waals surface area contributed by atoms with Gasteiger partial charge in [-0.1, -0.05) is 18.2 Å². The number of nitrogens with one attached hydrogen (secondary N) is 1. The maximum Gasteiger partial charge on any atom is 0.287 e. The van der Waals surface area contributed by atoms with Crippen LogP contribution in [-0.4, -0.2) is 51.1 Å². The minimum Gasteiger partial charge on any atom is -0.466 e. The second kappa shape index (κ2) is 7.05. The molecule has 1 aliphatic rings. The zero-order chi connectivity index (χ0) is 20.7. The molecule has 5 rings (SSSR count). The third-order valence-corrected chi connectivity index (χ3v) is 5.38. The molecule has 0 radical (unpaired) electrons. The maximum absolute atomic E-state index is 14.6. The van der Waals surface area contributed by atoms with E-state index in [1.165, 1.54) is 4.90 Å². The first-order chi connectivity index (χ1) is 14.5. The lowest BCUT2D eigenvalue weighted by atomic mass is 10.0. The molecule has 0 bridgehead atoms. The van der Waals surface area contributed by atoms with Crippen LogP contribution in [0.3, 0.4) is 0 Å². The Hall–Kier alpha value is -3.55. The number of fused-ring (bicyclic) bond motifs is 2. The summed E-state index contributed by atoms with van der Waals surface area (Å²) in [6.45, 7) is -0.260. The number of carbonyl (C=O) groups excluding carboxylic acids is 1. The normalized spacial score (nSPS) is 18.6. The quantitative estimate of drug-likeness (QED) is 0.555. The van der Waals surface area contributed by atoms with E-state index in [-0.39, 0.29) is 24.9 Å². The molecule has 1 N–H and O–H groups in total. The Balaban J connectivity index is 1.37. The molecule has 1 amide bonds. The number of hydrogen-bond donors (Lipinski definition) is 1. The molecule has 1 unspecified atom stereocenters. The number of amides is 1. The standard InChI is InChI=1S/C22H18F2N4O2/c23-22(24)9-10-28(21(29)15-5-7-18-16(11-15)12-25-27-18)13-19(22)30-20-8-6-14-3-1-2-4-17(14)26-20/h1-8,11-12,19H,9-10,13H2,(H,25,27). The van der Waals surface area contributed by atoms with Crippen LogP contribution in [0.5, 0.6) is 5.88 Å². The number of piperidine rings is 1. The SMILES string of the molecule is O=C(c1ccc2[nH]ncc2c1)N1CCC(F)(F)C(Oc2ccc3ccccc3n2)C1. The van der Waals surface area contributed by atoms with Crippen LogP contribution in [0, 0.1) is 0 Å². The number of rotatable bonds is 3. The second-order valence-corrected chi connectivity index (χ2v) is 7.38. The van der Waals surface area contributed by atoms with E-state index in [1.54, 1.807) is 42.6 Å². The smallest absolute Gasteiger partial charge is 0.287 e. The number of carbonyl (C=O) groups is 1. The van der Waals surface area contributed by atoms with Crippen LogP contribution in [-0.2, 0) is 0 Å². The molecule has 1 atom stereocenters. The molecule has 8 heteroatoms. The molecule has 6 nitrogen and oxygen atoms in total. The number of H-pyrrole nitrogens is 1. The monoisotopic (exact) mass is 408 g/mol. The summed E-state index contributed by atoms with van der Waals surface area (Å²) in [6, 6.07) is 15.9. The zero-order valence-corrected chi connectivity index (χ0v) is 15.9. The average Bonchev–Trinajstić information content (AvgIpc) is 3.22. The third-order valence-electron chi connectivity index (χ3n) is 5.38. The third kappa shape index (κ3) is 3.34. The van der Waals surface area contributed by atoms with Gasteiger partial charge in [-0.2, -0.15) is 5.10 Å². The molecule has 0 saturated carbocycles. The van der Waals surface area contributed by atoms with Gasteiger partial charge in [-0.15, -0.1) is 0 Å². The van der Waals surface area contributed by atoms with Gasteiger partial charge in [0.15, 0.2) is 6.10 Å². The summed E-state index contributed by atoms with van der Waals surface area (Å²) >= 11 is 0. The molecule has 1 fully saturated rings. The van der Waals surface area contributed by atoms with Crippen molar-refractivity contribution in [2.24, 2.45) is 0 Å². The summed E-state index contributed by atoms with van der Waals surface area (Å²) in [4.78, 5) is 18.7. The van der Waals surface area contributed by atoms with Gasteiger partial charge < -0.3 is 9.64 Å². The largest absolute Gasteiger partial charge is 0.466 e. The lowest BCUT2D eigenvalue weighted by Crippen LogP contribution is -2.55. The molecule has 0 spiro atoms. The van der Waals surface area contributed by atoms with E-state index in [2.05, 4.69) is 15.2 Å². The van der Waals surface area contributed by atoms with E-state index in [4.69, 9.17) is 4.74 Å². The van der Waals surface area contributed by atoms with Crippen molar-refractivity contribution in [1.29, 1.82) is 0 Å². The number of halogens is 2. The molecule has 1 saturated heterocycles. The molecule has 2 aromatic heterocycles. The number of nitrogens with zero attached hydrogens (tertiary/aromatic N) is 3. The number of pyridine rings is 1. The zero-order valence-electron chi connectivity index (χ0n) is 15.9. The molecule has 3 heterocycles. The fourth-order valence-corrected chi connectivity index (χ4v) is 3.70. The number of likely N-dealkylation sites (tertiary alicyclic amines) is 1. The number of ether oxygens (including phenoxy) is 1. The van der Waals surface area contributed by atoms with E-state index in [0.29, 0.717) is 11.1 Å². The highest BCUT2D eigenvalue weighted by atomic mass is 19.3. The summed E-state index contributed by atoms with van der Waals surface area (Å²) in [5, 5.41) is 8.44. The summed E-state index contributed by atoms with van der Waals surface area (Å²) in [5.74, 6) is -3.25. The molecular weight excluding hydrogens is 390 g/mol. The Labute approximate surface area is 170 Å². The van der Waals surface area contributed by atoms with E-state index in [0.717, 1.165) is 16.3 Å². The lowest BCUT2D eigenvalue weighted by Gasteiger charge is -2.38. The van der Waals surface area contributed by atoms with Gasteiger partial charge >= 0.3 is 0 Å². The predicted octanol–water partition coefficient (Wildman–Crippen LogP) is 4.04. The Morgan fingerprint density at radius 2 is 2.00 bits per heavy atom. The lowest BCUT2D eigenvalue weighted by molar-refractivity contribution is -0.131. The van der Waals surface area contributed by atoms with Gasteiger partial charge in [-0.3, -0.25) is 9.89 Å². The maximum atomic E-state index is 14.6. The highest BCUT2D eigenvalue weighted by Crippen LogP contribution is 2.32. The van der Waals surface area contributed by atoms with E-state index in [1.807, 2.05) is 18.2 Å². The Morgan fingerprint density at radius 1 is 1.13 bits per heavy atom. The van der Waals surface area contributed by atoms with Gasteiger partial charge in [0.1, 0.15) is 0 Å². The highest BCUT2D eigenvalue weighted by molar-refractivity contribution is 5.98. The number of aromatic amines is 1. The second-order valence-electron chi connectivity index (χ2n) is 7.38. The summed E-state index contributed by atoms with van der Waals surface area (Å²) in [6.07, 6.45) is -0.319. The summed E-state index contributed by atoms with van der Waals surface area (Å²) < 4.78 is 34.7. The average molecular weight is 408 g/mol.